The normalized spacial score (nSPS) is 15.0. The predicted molar refractivity (Wildman–Crippen MR) is 120 cm³/mol. The summed E-state index contributed by atoms with van der Waals surface area (Å²) >= 11 is 0. The van der Waals surface area contributed by atoms with Crippen LogP contribution in [-0.2, 0) is 6.61 Å². The standard InChI is InChI=1S/C24H24FN5O/c1-29-11-13-30(14-12-29)18-7-5-16(6-8-18)23-24-21(27-28-23)10-9-20(26-24)22-17(15-31)3-2-4-19(22)25/h2-10,31H,11-15H2,1H3,(H,27,28). The largest absolute Gasteiger partial charge is 0.392 e. The van der Waals surface area contributed by atoms with Crippen LogP contribution in [0.1, 0.15) is 5.56 Å². The molecule has 5 rings (SSSR count). The summed E-state index contributed by atoms with van der Waals surface area (Å²) in [6, 6.07) is 16.6. The number of likely N-dealkylation sites (N-methyl/N-ethyl adjacent to an activating group) is 1. The number of aromatic nitrogens is 3. The smallest absolute Gasteiger partial charge is 0.132 e. The first kappa shape index (κ1) is 19.7. The van der Waals surface area contributed by atoms with Gasteiger partial charge in [0.2, 0.25) is 0 Å². The number of pyridine rings is 1. The Morgan fingerprint density at radius 2 is 1.77 bits per heavy atom. The van der Waals surface area contributed by atoms with E-state index in [2.05, 4.69) is 51.3 Å². The van der Waals surface area contributed by atoms with Gasteiger partial charge in [0, 0.05) is 43.0 Å². The number of nitrogens with zero attached hydrogens (tertiary/aromatic N) is 4. The number of aliphatic hydroxyl groups excluding tert-OH is 1. The summed E-state index contributed by atoms with van der Waals surface area (Å²) in [5, 5.41) is 17.1. The molecule has 1 aliphatic heterocycles. The van der Waals surface area contributed by atoms with E-state index >= 15 is 0 Å². The molecule has 0 spiro atoms. The first-order valence-corrected chi connectivity index (χ1v) is 10.4. The number of nitrogens with one attached hydrogen (secondary N) is 1. The van der Waals surface area contributed by atoms with Gasteiger partial charge in [-0.15, -0.1) is 0 Å². The van der Waals surface area contributed by atoms with Crippen molar-refractivity contribution in [2.75, 3.05) is 38.1 Å². The van der Waals surface area contributed by atoms with Crippen molar-refractivity contribution in [3.05, 3.63) is 66.0 Å². The number of anilines is 1. The highest BCUT2D eigenvalue weighted by atomic mass is 19.1. The summed E-state index contributed by atoms with van der Waals surface area (Å²) in [6.07, 6.45) is 0. The van der Waals surface area contributed by atoms with Crippen LogP contribution in [0, 0.1) is 5.82 Å². The fraction of sp³-hybridized carbons (Fsp3) is 0.250. The van der Waals surface area contributed by atoms with E-state index in [0.717, 1.165) is 43.0 Å². The van der Waals surface area contributed by atoms with E-state index < -0.39 is 5.82 Å². The Morgan fingerprint density at radius 1 is 1.00 bits per heavy atom. The summed E-state index contributed by atoms with van der Waals surface area (Å²) in [7, 11) is 2.15. The lowest BCUT2D eigenvalue weighted by Gasteiger charge is -2.34. The van der Waals surface area contributed by atoms with Gasteiger partial charge in [0.1, 0.15) is 17.0 Å². The molecule has 2 aromatic heterocycles. The SMILES string of the molecule is CN1CCN(c2ccc(-c3n[nH]c4ccc(-c5c(F)cccc5CO)nc34)cc2)CC1. The Morgan fingerprint density at radius 3 is 2.52 bits per heavy atom. The lowest BCUT2D eigenvalue weighted by molar-refractivity contribution is 0.282. The lowest BCUT2D eigenvalue weighted by atomic mass is 10.0. The Labute approximate surface area is 180 Å². The summed E-state index contributed by atoms with van der Waals surface area (Å²) in [4.78, 5) is 9.43. The third-order valence-corrected chi connectivity index (χ3v) is 5.94. The first-order valence-electron chi connectivity index (χ1n) is 10.4. The summed E-state index contributed by atoms with van der Waals surface area (Å²) in [6.45, 7) is 3.90. The molecule has 6 nitrogen and oxygen atoms in total. The molecular weight excluding hydrogens is 393 g/mol. The van der Waals surface area contributed by atoms with Gasteiger partial charge in [0.15, 0.2) is 0 Å². The molecule has 0 amide bonds. The van der Waals surface area contributed by atoms with E-state index in [0.29, 0.717) is 22.3 Å². The second-order valence-corrected chi connectivity index (χ2v) is 7.93. The lowest BCUT2D eigenvalue weighted by Crippen LogP contribution is -2.44. The molecule has 0 unspecified atom stereocenters. The van der Waals surface area contributed by atoms with Crippen molar-refractivity contribution >= 4 is 16.7 Å². The molecule has 3 heterocycles. The Kier molecular flexibility index (Phi) is 5.13. The molecule has 7 heteroatoms. The molecule has 0 aliphatic carbocycles. The molecular formula is C24H24FN5O. The second-order valence-electron chi connectivity index (χ2n) is 7.93. The molecule has 0 radical (unpaired) electrons. The molecule has 1 fully saturated rings. The molecule has 2 N–H and O–H groups in total. The maximum atomic E-state index is 14.5. The zero-order chi connectivity index (χ0) is 21.4. The van der Waals surface area contributed by atoms with Crippen LogP contribution in [0.5, 0.6) is 0 Å². The number of hydrogen-bond donors (Lipinski definition) is 2. The predicted octanol–water partition coefficient (Wildman–Crippen LogP) is 3.68. The van der Waals surface area contributed by atoms with Gasteiger partial charge >= 0.3 is 0 Å². The molecule has 0 atom stereocenters. The molecule has 158 valence electrons. The topological polar surface area (TPSA) is 68.3 Å². The fourth-order valence-corrected chi connectivity index (χ4v) is 4.12. The van der Waals surface area contributed by atoms with Gasteiger partial charge in [-0.2, -0.15) is 5.10 Å². The number of piperazine rings is 1. The minimum absolute atomic E-state index is 0.251. The molecule has 1 saturated heterocycles. The molecule has 0 bridgehead atoms. The van der Waals surface area contributed by atoms with Crippen molar-refractivity contribution in [2.45, 2.75) is 6.61 Å². The summed E-state index contributed by atoms with van der Waals surface area (Å²) in [5.74, 6) is -0.403. The van der Waals surface area contributed by atoms with Crippen molar-refractivity contribution < 1.29 is 9.50 Å². The van der Waals surface area contributed by atoms with E-state index in [1.807, 2.05) is 6.07 Å². The van der Waals surface area contributed by atoms with Gasteiger partial charge in [-0.1, -0.05) is 24.3 Å². The quantitative estimate of drug-likeness (QED) is 0.530. The van der Waals surface area contributed by atoms with E-state index in [-0.39, 0.29) is 6.61 Å². The van der Waals surface area contributed by atoms with Gasteiger partial charge in [0.25, 0.3) is 0 Å². The summed E-state index contributed by atoms with van der Waals surface area (Å²) < 4.78 is 14.5. The van der Waals surface area contributed by atoms with Crippen molar-refractivity contribution in [1.29, 1.82) is 0 Å². The highest BCUT2D eigenvalue weighted by Crippen LogP contribution is 2.31. The van der Waals surface area contributed by atoms with Gasteiger partial charge in [-0.3, -0.25) is 5.10 Å². The Bertz CT molecular complexity index is 1210. The highest BCUT2D eigenvalue weighted by Gasteiger charge is 2.17. The minimum Gasteiger partial charge on any atom is -0.392 e. The van der Waals surface area contributed by atoms with Crippen LogP contribution < -0.4 is 4.90 Å². The monoisotopic (exact) mass is 417 g/mol. The van der Waals surface area contributed by atoms with Crippen LogP contribution in [0.3, 0.4) is 0 Å². The summed E-state index contributed by atoms with van der Waals surface area (Å²) in [5.41, 5.74) is 5.64. The second kappa shape index (κ2) is 8.09. The molecule has 0 saturated carbocycles. The number of fused-ring (bicyclic) bond motifs is 1. The molecule has 2 aromatic carbocycles. The number of hydrogen-bond acceptors (Lipinski definition) is 5. The van der Waals surface area contributed by atoms with Gasteiger partial charge in [-0.05, 0) is 42.9 Å². The number of rotatable bonds is 4. The van der Waals surface area contributed by atoms with E-state index in [1.165, 1.54) is 11.8 Å². The van der Waals surface area contributed by atoms with Crippen molar-refractivity contribution in [2.24, 2.45) is 0 Å². The average Bonchev–Trinajstić information content (AvgIpc) is 3.23. The number of aliphatic hydroxyl groups is 1. The Hall–Kier alpha value is -3.29. The van der Waals surface area contributed by atoms with Gasteiger partial charge in [-0.25, -0.2) is 9.37 Å². The highest BCUT2D eigenvalue weighted by molar-refractivity contribution is 5.91. The fourth-order valence-electron chi connectivity index (χ4n) is 4.12. The zero-order valence-corrected chi connectivity index (χ0v) is 17.3. The van der Waals surface area contributed by atoms with Gasteiger partial charge < -0.3 is 14.9 Å². The number of benzene rings is 2. The van der Waals surface area contributed by atoms with Gasteiger partial charge in [0.05, 0.1) is 17.8 Å². The maximum Gasteiger partial charge on any atom is 0.132 e. The molecule has 1 aliphatic rings. The van der Waals surface area contributed by atoms with Crippen LogP contribution in [0.4, 0.5) is 10.1 Å². The third-order valence-electron chi connectivity index (χ3n) is 5.94. The van der Waals surface area contributed by atoms with E-state index in [4.69, 9.17) is 4.98 Å². The van der Waals surface area contributed by atoms with Crippen molar-refractivity contribution in [3.63, 3.8) is 0 Å². The van der Waals surface area contributed by atoms with Crippen LogP contribution in [0.15, 0.2) is 54.6 Å². The third kappa shape index (κ3) is 3.66. The number of H-pyrrole nitrogens is 1. The number of aromatic amines is 1. The number of halogens is 1. The van der Waals surface area contributed by atoms with Crippen molar-refractivity contribution in [1.82, 2.24) is 20.1 Å². The molecule has 4 aromatic rings. The van der Waals surface area contributed by atoms with Crippen LogP contribution >= 0.6 is 0 Å². The zero-order valence-electron chi connectivity index (χ0n) is 17.3. The molecule has 31 heavy (non-hydrogen) atoms. The minimum atomic E-state index is -0.403. The Balaban J connectivity index is 1.51. The van der Waals surface area contributed by atoms with E-state index in [1.54, 1.807) is 18.2 Å². The van der Waals surface area contributed by atoms with Crippen molar-refractivity contribution in [3.8, 4) is 22.5 Å². The van der Waals surface area contributed by atoms with E-state index in [9.17, 15) is 9.50 Å². The van der Waals surface area contributed by atoms with Crippen LogP contribution in [0.2, 0.25) is 0 Å². The van der Waals surface area contributed by atoms with Crippen LogP contribution in [-0.4, -0.2) is 58.4 Å². The first-order chi connectivity index (χ1) is 15.1. The van der Waals surface area contributed by atoms with Crippen LogP contribution in [0.25, 0.3) is 33.5 Å². The maximum absolute atomic E-state index is 14.5. The average molecular weight is 417 g/mol.